The van der Waals surface area contributed by atoms with Crippen molar-refractivity contribution in [2.45, 2.75) is 26.2 Å². The zero-order valence-corrected chi connectivity index (χ0v) is 8.79. The fourth-order valence-corrected chi connectivity index (χ4v) is 1.66. The second-order valence-electron chi connectivity index (χ2n) is 3.63. The molecule has 3 nitrogen and oxygen atoms in total. The summed E-state index contributed by atoms with van der Waals surface area (Å²) in [5.74, 6) is 0.205. The molecule has 0 radical (unpaired) electrons. The number of aromatic nitrogens is 2. The van der Waals surface area contributed by atoms with E-state index in [4.69, 9.17) is 0 Å². The third-order valence-corrected chi connectivity index (χ3v) is 2.51. The number of fused-ring (bicyclic) bond motifs is 1. The van der Waals surface area contributed by atoms with Crippen molar-refractivity contribution in [2.75, 3.05) is 0 Å². The molecule has 1 N–H and O–H groups in total. The van der Waals surface area contributed by atoms with Gasteiger partial charge in [-0.2, -0.15) is 0 Å². The maximum Gasteiger partial charge on any atom is 0.165 e. The topological polar surface area (TPSA) is 45.8 Å². The smallest absolute Gasteiger partial charge is 0.165 e. The van der Waals surface area contributed by atoms with Crippen molar-refractivity contribution in [3.05, 3.63) is 30.1 Å². The zero-order chi connectivity index (χ0) is 10.7. The van der Waals surface area contributed by atoms with Gasteiger partial charge in [-0.15, -0.1) is 0 Å². The van der Waals surface area contributed by atoms with Crippen LogP contribution in [0.25, 0.3) is 11.0 Å². The van der Waals surface area contributed by atoms with Crippen LogP contribution in [-0.2, 0) is 0 Å². The van der Waals surface area contributed by atoms with E-state index in [-0.39, 0.29) is 5.78 Å². The number of unbranched alkanes of at least 4 members (excludes halogenated alkanes) is 1. The number of rotatable bonds is 4. The van der Waals surface area contributed by atoms with E-state index < -0.39 is 0 Å². The van der Waals surface area contributed by atoms with Crippen molar-refractivity contribution in [2.24, 2.45) is 0 Å². The summed E-state index contributed by atoms with van der Waals surface area (Å²) in [5.41, 5.74) is 1.56. The Balaban J connectivity index is 2.31. The SMILES string of the molecule is CCCCC(=O)c1c[nH]c2ncccc12. The first kappa shape index (κ1) is 9.90. The Morgan fingerprint density at radius 2 is 2.40 bits per heavy atom. The summed E-state index contributed by atoms with van der Waals surface area (Å²) < 4.78 is 0. The lowest BCUT2D eigenvalue weighted by atomic mass is 10.1. The van der Waals surface area contributed by atoms with Crippen LogP contribution in [0.3, 0.4) is 0 Å². The number of carbonyl (C=O) groups is 1. The van der Waals surface area contributed by atoms with Gasteiger partial charge in [0.1, 0.15) is 5.65 Å². The van der Waals surface area contributed by atoms with E-state index in [9.17, 15) is 4.79 Å². The number of aromatic amines is 1. The molecule has 0 fully saturated rings. The highest BCUT2D eigenvalue weighted by Crippen LogP contribution is 2.17. The first-order chi connectivity index (χ1) is 7.33. The Labute approximate surface area is 88.5 Å². The van der Waals surface area contributed by atoms with Crippen molar-refractivity contribution in [1.82, 2.24) is 9.97 Å². The maximum atomic E-state index is 11.8. The van der Waals surface area contributed by atoms with Gasteiger partial charge in [-0.05, 0) is 18.6 Å². The zero-order valence-electron chi connectivity index (χ0n) is 8.79. The molecule has 0 aromatic carbocycles. The van der Waals surface area contributed by atoms with Crippen LogP contribution >= 0.6 is 0 Å². The van der Waals surface area contributed by atoms with E-state index >= 15 is 0 Å². The van der Waals surface area contributed by atoms with Crippen molar-refractivity contribution in [1.29, 1.82) is 0 Å². The Morgan fingerprint density at radius 3 is 3.20 bits per heavy atom. The Kier molecular flexibility index (Phi) is 2.81. The summed E-state index contributed by atoms with van der Waals surface area (Å²) in [5, 5.41) is 0.929. The molecule has 78 valence electrons. The van der Waals surface area contributed by atoms with Crippen LogP contribution in [0.2, 0.25) is 0 Å². The van der Waals surface area contributed by atoms with Crippen molar-refractivity contribution in [3.8, 4) is 0 Å². The Morgan fingerprint density at radius 1 is 1.53 bits per heavy atom. The second-order valence-corrected chi connectivity index (χ2v) is 3.63. The molecule has 2 heterocycles. The summed E-state index contributed by atoms with van der Waals surface area (Å²) in [4.78, 5) is 19.0. The molecule has 0 spiro atoms. The molecule has 2 aromatic rings. The van der Waals surface area contributed by atoms with E-state index in [1.54, 1.807) is 12.4 Å². The van der Waals surface area contributed by atoms with Gasteiger partial charge in [0.2, 0.25) is 0 Å². The summed E-state index contributed by atoms with van der Waals surface area (Å²) in [6.07, 6.45) is 6.10. The number of ketones is 1. The number of hydrogen-bond donors (Lipinski definition) is 1. The fourth-order valence-electron chi connectivity index (χ4n) is 1.66. The van der Waals surface area contributed by atoms with E-state index in [2.05, 4.69) is 16.9 Å². The minimum Gasteiger partial charge on any atom is -0.345 e. The summed E-state index contributed by atoms with van der Waals surface area (Å²) in [7, 11) is 0. The average molecular weight is 202 g/mol. The number of carbonyl (C=O) groups excluding carboxylic acids is 1. The monoisotopic (exact) mass is 202 g/mol. The summed E-state index contributed by atoms with van der Waals surface area (Å²) in [6.45, 7) is 2.09. The number of pyridine rings is 1. The highest BCUT2D eigenvalue weighted by molar-refractivity contribution is 6.06. The normalized spacial score (nSPS) is 10.7. The highest BCUT2D eigenvalue weighted by atomic mass is 16.1. The molecule has 15 heavy (non-hydrogen) atoms. The maximum absolute atomic E-state index is 11.8. The Hall–Kier alpha value is -1.64. The molecular weight excluding hydrogens is 188 g/mol. The van der Waals surface area contributed by atoms with Gasteiger partial charge in [0.05, 0.1) is 0 Å². The summed E-state index contributed by atoms with van der Waals surface area (Å²) >= 11 is 0. The molecule has 0 aliphatic carbocycles. The third-order valence-electron chi connectivity index (χ3n) is 2.51. The van der Waals surface area contributed by atoms with E-state index in [1.807, 2.05) is 12.1 Å². The largest absolute Gasteiger partial charge is 0.345 e. The van der Waals surface area contributed by atoms with Crippen molar-refractivity contribution in [3.63, 3.8) is 0 Å². The van der Waals surface area contributed by atoms with Gasteiger partial charge >= 0.3 is 0 Å². The molecule has 2 rings (SSSR count). The standard InChI is InChI=1S/C12H14N2O/c1-2-3-6-11(15)10-8-14-12-9(10)5-4-7-13-12/h4-5,7-8H,2-3,6H2,1H3,(H,13,14). The first-order valence-electron chi connectivity index (χ1n) is 5.28. The lowest BCUT2D eigenvalue weighted by Crippen LogP contribution is -1.97. The number of hydrogen-bond acceptors (Lipinski definition) is 2. The van der Waals surface area contributed by atoms with Crippen molar-refractivity contribution >= 4 is 16.8 Å². The van der Waals surface area contributed by atoms with Crippen LogP contribution in [0.5, 0.6) is 0 Å². The van der Waals surface area contributed by atoms with Crippen LogP contribution in [-0.4, -0.2) is 15.8 Å². The molecule has 0 aliphatic heterocycles. The number of nitrogens with one attached hydrogen (secondary N) is 1. The second kappa shape index (κ2) is 4.26. The van der Waals surface area contributed by atoms with Gasteiger partial charge in [0.15, 0.2) is 5.78 Å². The van der Waals surface area contributed by atoms with Crippen molar-refractivity contribution < 1.29 is 4.79 Å². The number of H-pyrrole nitrogens is 1. The van der Waals surface area contributed by atoms with Gasteiger partial charge in [-0.1, -0.05) is 13.3 Å². The minimum atomic E-state index is 0.205. The molecule has 0 atom stereocenters. The average Bonchev–Trinajstić information content (AvgIpc) is 2.69. The molecular formula is C12H14N2O. The van der Waals surface area contributed by atoms with Crippen LogP contribution in [0.1, 0.15) is 36.5 Å². The molecule has 2 aromatic heterocycles. The molecule has 0 bridgehead atoms. The van der Waals surface area contributed by atoms with Gasteiger partial charge in [0, 0.05) is 29.8 Å². The number of Topliss-reactive ketones (excluding diaryl/α,β-unsaturated/α-hetero) is 1. The summed E-state index contributed by atoms with van der Waals surface area (Å²) in [6, 6.07) is 3.78. The van der Waals surface area contributed by atoms with E-state index in [0.29, 0.717) is 6.42 Å². The van der Waals surface area contributed by atoms with E-state index in [0.717, 1.165) is 29.4 Å². The van der Waals surface area contributed by atoms with Crippen LogP contribution < -0.4 is 0 Å². The van der Waals surface area contributed by atoms with Crippen LogP contribution in [0.15, 0.2) is 24.5 Å². The van der Waals surface area contributed by atoms with Crippen LogP contribution in [0.4, 0.5) is 0 Å². The van der Waals surface area contributed by atoms with E-state index in [1.165, 1.54) is 0 Å². The van der Waals surface area contributed by atoms with Gasteiger partial charge in [0.25, 0.3) is 0 Å². The van der Waals surface area contributed by atoms with Gasteiger partial charge in [-0.25, -0.2) is 4.98 Å². The molecule has 0 unspecified atom stereocenters. The molecule has 0 amide bonds. The highest BCUT2D eigenvalue weighted by Gasteiger charge is 2.11. The minimum absolute atomic E-state index is 0.205. The third kappa shape index (κ3) is 1.91. The molecule has 3 heteroatoms. The first-order valence-corrected chi connectivity index (χ1v) is 5.28. The lowest BCUT2D eigenvalue weighted by Gasteiger charge is -1.96. The quantitative estimate of drug-likeness (QED) is 0.775. The van der Waals surface area contributed by atoms with Gasteiger partial charge in [-0.3, -0.25) is 4.79 Å². The lowest BCUT2D eigenvalue weighted by molar-refractivity contribution is 0.0981. The number of nitrogens with zero attached hydrogens (tertiary/aromatic N) is 1. The molecule has 0 aliphatic rings. The van der Waals surface area contributed by atoms with Crippen LogP contribution in [0, 0.1) is 0 Å². The predicted octanol–water partition coefficient (Wildman–Crippen LogP) is 2.94. The molecule has 0 saturated carbocycles. The fraction of sp³-hybridized carbons (Fsp3) is 0.333. The molecule has 0 saturated heterocycles. The Bertz CT molecular complexity index is 473. The predicted molar refractivity (Wildman–Crippen MR) is 59.9 cm³/mol. The van der Waals surface area contributed by atoms with Gasteiger partial charge < -0.3 is 4.98 Å².